The third-order valence-corrected chi connectivity index (χ3v) is 3.25. The van der Waals surface area contributed by atoms with Crippen LogP contribution in [0.1, 0.15) is 2.85 Å². The zero-order valence-corrected chi connectivity index (χ0v) is 17.4. The zero-order valence-electron chi connectivity index (χ0n) is 17.2. The molecule has 0 aromatic carbocycles. The van der Waals surface area contributed by atoms with E-state index in [4.69, 9.17) is 20.4 Å². The minimum absolute atomic E-state index is 0. The summed E-state index contributed by atoms with van der Waals surface area (Å²) in [6.07, 6.45) is 0. The first-order valence-electron chi connectivity index (χ1n) is 7.73. The molecule has 0 aromatic heterocycles. The fourth-order valence-corrected chi connectivity index (χ4v) is 2.21. The number of nitrogens with zero attached hydrogens (tertiary/aromatic N) is 3. The van der Waals surface area contributed by atoms with Crippen LogP contribution in [0.4, 0.5) is 0 Å². The van der Waals surface area contributed by atoms with E-state index in [2.05, 4.69) is 0 Å². The molecule has 158 valence electrons. The molecule has 0 unspecified atom stereocenters. The molecule has 0 saturated carbocycles. The summed E-state index contributed by atoms with van der Waals surface area (Å²) in [6, 6.07) is 0. The van der Waals surface area contributed by atoms with Crippen LogP contribution in [0.3, 0.4) is 0 Å². The molecule has 0 heterocycles. The second-order valence-corrected chi connectivity index (χ2v) is 5.64. The summed E-state index contributed by atoms with van der Waals surface area (Å²) in [5.41, 5.74) is 0. The molecule has 0 spiro atoms. The van der Waals surface area contributed by atoms with Crippen LogP contribution in [0.5, 0.6) is 0 Å². The van der Waals surface area contributed by atoms with Gasteiger partial charge in [-0.2, -0.15) is 0 Å². The number of carboxylic acids is 5. The van der Waals surface area contributed by atoms with Crippen molar-refractivity contribution >= 4 is 67.6 Å². The van der Waals surface area contributed by atoms with Gasteiger partial charge in [-0.1, -0.05) is 0 Å². The topological polar surface area (TPSA) is 199 Å². The summed E-state index contributed by atoms with van der Waals surface area (Å²) in [6.45, 7) is -3.04. The van der Waals surface area contributed by atoms with E-state index in [1.165, 1.54) is 4.90 Å². The largest absolute Gasteiger partial charge is 2.00 e. The van der Waals surface area contributed by atoms with Crippen molar-refractivity contribution < 1.29 is 52.4 Å². The Bertz CT molecular complexity index is 498. The predicted octanol–water partition coefficient (Wildman–Crippen LogP) is -4.18. The predicted molar refractivity (Wildman–Crippen MR) is 92.8 cm³/mol. The van der Waals surface area contributed by atoms with Crippen molar-refractivity contribution in [3.63, 3.8) is 0 Å². The van der Waals surface area contributed by atoms with Crippen molar-refractivity contribution in [1.29, 1.82) is 0 Å². The minimum Gasteiger partial charge on any atom is -1.00 e. The van der Waals surface area contributed by atoms with E-state index in [-0.39, 0.29) is 66.8 Å². The fourth-order valence-electron chi connectivity index (χ4n) is 2.21. The summed E-state index contributed by atoms with van der Waals surface area (Å²) >= 11 is 0. The molecule has 0 saturated heterocycles. The number of hydrogen-bond donors (Lipinski definition) is 4. The minimum atomic E-state index is -1.44. The molecule has 0 radical (unpaired) electrons. The average molecular weight is 434 g/mol. The molecule has 4 N–H and O–H groups in total. The van der Waals surface area contributed by atoms with Crippen LogP contribution < -0.4 is 5.11 Å². The standard InChI is InChI=1S/C14H23N3O10.Ca.2H/c18-10(19)5-15(1-3-16(6-11(20)21)7-12(22)23)2-4-17(8-13(24)25)9-14(26)27;;;/h1-9H2,(H,18,19)(H,20,21)(H,22,23)(H,24,25)(H,26,27);;;/q;+2;2*-1/p-1. The van der Waals surface area contributed by atoms with Crippen molar-refractivity contribution in [3.05, 3.63) is 0 Å². The van der Waals surface area contributed by atoms with Gasteiger partial charge in [-0.25, -0.2) is 0 Å². The van der Waals surface area contributed by atoms with E-state index in [1.54, 1.807) is 0 Å². The van der Waals surface area contributed by atoms with E-state index in [9.17, 15) is 29.1 Å². The molecule has 0 bridgehead atoms. The van der Waals surface area contributed by atoms with E-state index in [1.807, 2.05) is 0 Å². The summed E-state index contributed by atoms with van der Waals surface area (Å²) in [4.78, 5) is 57.4. The van der Waals surface area contributed by atoms with Crippen molar-refractivity contribution in [1.82, 2.24) is 14.7 Å². The van der Waals surface area contributed by atoms with Gasteiger partial charge in [0.2, 0.25) is 0 Å². The van der Waals surface area contributed by atoms with Crippen LogP contribution in [0.25, 0.3) is 0 Å². The smallest absolute Gasteiger partial charge is 1.00 e. The fraction of sp³-hybridized carbons (Fsp3) is 0.643. The maximum Gasteiger partial charge on any atom is 2.00 e. The van der Waals surface area contributed by atoms with Gasteiger partial charge < -0.3 is 33.2 Å². The number of carbonyl (C=O) groups excluding carboxylic acids is 1. The molecule has 0 fully saturated rings. The van der Waals surface area contributed by atoms with Crippen LogP contribution in [0.2, 0.25) is 0 Å². The SMILES string of the molecule is O=C([O-])CN(CCN(CC(=O)O)CC(=O)O)CCN(CC(=O)O)CC(=O)O.[Ca+2].[H-].[H-]. The van der Waals surface area contributed by atoms with E-state index in [0.29, 0.717) is 0 Å². The number of aliphatic carboxylic acids is 5. The molecule has 13 nitrogen and oxygen atoms in total. The Hall–Kier alpha value is -1.51. The molecule has 28 heavy (non-hydrogen) atoms. The molecule has 0 aliphatic rings. The monoisotopic (exact) mass is 434 g/mol. The second-order valence-electron chi connectivity index (χ2n) is 5.64. The van der Waals surface area contributed by atoms with Gasteiger partial charge in [0.1, 0.15) is 0 Å². The Balaban J connectivity index is -0.00000113. The molecule has 14 heteroatoms. The van der Waals surface area contributed by atoms with Gasteiger partial charge in [-0.05, 0) is 0 Å². The first-order valence-corrected chi connectivity index (χ1v) is 7.73. The van der Waals surface area contributed by atoms with E-state index in [0.717, 1.165) is 9.80 Å². The van der Waals surface area contributed by atoms with Crippen LogP contribution in [-0.2, 0) is 24.0 Å². The summed E-state index contributed by atoms with van der Waals surface area (Å²) in [5.74, 6) is -6.46. The Morgan fingerprint density at radius 1 is 0.571 bits per heavy atom. The van der Waals surface area contributed by atoms with Gasteiger partial charge in [0, 0.05) is 32.7 Å². The Morgan fingerprint density at radius 2 is 0.821 bits per heavy atom. The van der Waals surface area contributed by atoms with Crippen LogP contribution in [-0.4, -0.2) is 162 Å². The molecule has 0 rings (SSSR count). The zero-order chi connectivity index (χ0) is 21.0. The first-order chi connectivity index (χ1) is 12.5. The van der Waals surface area contributed by atoms with Gasteiger partial charge in [0.05, 0.1) is 32.1 Å². The van der Waals surface area contributed by atoms with Crippen molar-refractivity contribution in [2.45, 2.75) is 0 Å². The molecular formula is C14H24CaN3O10-. The van der Waals surface area contributed by atoms with Crippen molar-refractivity contribution in [2.24, 2.45) is 0 Å². The first kappa shape index (κ1) is 28.7. The summed E-state index contributed by atoms with van der Waals surface area (Å²) in [5, 5.41) is 46.0. The summed E-state index contributed by atoms with van der Waals surface area (Å²) in [7, 11) is 0. The van der Waals surface area contributed by atoms with Gasteiger partial charge in [0.15, 0.2) is 0 Å². The molecule has 0 amide bonds. The van der Waals surface area contributed by atoms with Crippen molar-refractivity contribution in [3.8, 4) is 0 Å². The second kappa shape index (κ2) is 15.4. The number of carboxylic acid groups (broad SMARTS) is 5. The van der Waals surface area contributed by atoms with Crippen LogP contribution in [0.15, 0.2) is 0 Å². The van der Waals surface area contributed by atoms with Crippen LogP contribution in [0, 0.1) is 0 Å². The van der Waals surface area contributed by atoms with Crippen LogP contribution >= 0.6 is 0 Å². The number of carbonyl (C=O) groups is 5. The Labute approximate surface area is 193 Å². The van der Waals surface area contributed by atoms with Gasteiger partial charge >= 0.3 is 61.6 Å². The number of rotatable bonds is 16. The average Bonchev–Trinajstić information content (AvgIpc) is 2.46. The Morgan fingerprint density at radius 3 is 1.04 bits per heavy atom. The molecule has 0 aromatic rings. The van der Waals surface area contributed by atoms with Gasteiger partial charge in [-0.3, -0.25) is 33.9 Å². The molecule has 0 aliphatic heterocycles. The van der Waals surface area contributed by atoms with E-state index >= 15 is 0 Å². The van der Waals surface area contributed by atoms with Crippen molar-refractivity contribution in [2.75, 3.05) is 58.9 Å². The van der Waals surface area contributed by atoms with E-state index < -0.39 is 62.6 Å². The Kier molecular flexibility index (Phi) is 15.8. The van der Waals surface area contributed by atoms with Gasteiger partial charge in [0.25, 0.3) is 0 Å². The maximum atomic E-state index is 10.9. The van der Waals surface area contributed by atoms with Gasteiger partial charge in [-0.15, -0.1) is 0 Å². The third kappa shape index (κ3) is 16.6. The molecular weight excluding hydrogens is 410 g/mol. The third-order valence-electron chi connectivity index (χ3n) is 3.25. The number of hydrogen-bond acceptors (Lipinski definition) is 9. The molecule has 0 atom stereocenters. The maximum absolute atomic E-state index is 10.9. The normalized spacial score (nSPS) is 10.7. The summed E-state index contributed by atoms with van der Waals surface area (Å²) < 4.78 is 0. The quantitative estimate of drug-likeness (QED) is 0.171. The molecule has 0 aliphatic carbocycles.